The molecule has 0 unspecified atom stereocenters. The van der Waals surface area contributed by atoms with Crippen LogP contribution in [0.15, 0.2) is 85.1 Å². The quantitative estimate of drug-likeness (QED) is 0.256. The Morgan fingerprint density at radius 2 is 1.63 bits per heavy atom. The van der Waals surface area contributed by atoms with Crippen LogP contribution in [0.3, 0.4) is 0 Å². The van der Waals surface area contributed by atoms with Gasteiger partial charge in [-0.1, -0.05) is 60.7 Å². The van der Waals surface area contributed by atoms with Crippen LogP contribution in [0.1, 0.15) is 31.2 Å². The molecular weight excluding hydrogens is 432 g/mol. The van der Waals surface area contributed by atoms with Crippen molar-refractivity contribution in [2.24, 2.45) is 5.41 Å². The van der Waals surface area contributed by atoms with Crippen molar-refractivity contribution in [2.45, 2.75) is 32.2 Å². The van der Waals surface area contributed by atoms with Crippen molar-refractivity contribution in [2.75, 3.05) is 24.5 Å². The van der Waals surface area contributed by atoms with E-state index in [0.717, 1.165) is 68.7 Å². The second-order valence-electron chi connectivity index (χ2n) is 9.53. The first-order valence-corrected chi connectivity index (χ1v) is 12.5. The SMILES string of the molecule is O=CC1(CCCNCc2cccc(-c3ccccc3)c2)CCN(c2cnc3ccccc3n2)CC1. The minimum Gasteiger partial charge on any atom is -0.355 e. The van der Waals surface area contributed by atoms with Crippen molar-refractivity contribution in [1.82, 2.24) is 15.3 Å². The first-order chi connectivity index (χ1) is 17.2. The summed E-state index contributed by atoms with van der Waals surface area (Å²) in [5.74, 6) is 0.905. The number of anilines is 1. The largest absolute Gasteiger partial charge is 0.355 e. The van der Waals surface area contributed by atoms with Gasteiger partial charge in [-0.2, -0.15) is 0 Å². The second-order valence-corrected chi connectivity index (χ2v) is 9.53. The molecule has 0 amide bonds. The van der Waals surface area contributed by atoms with Crippen molar-refractivity contribution in [3.05, 3.63) is 90.6 Å². The Bertz CT molecular complexity index is 1270. The molecule has 1 saturated heterocycles. The zero-order valence-corrected chi connectivity index (χ0v) is 20.1. The molecule has 5 heteroatoms. The average Bonchev–Trinajstić information content (AvgIpc) is 2.93. The molecule has 5 rings (SSSR count). The molecule has 0 aliphatic carbocycles. The lowest BCUT2D eigenvalue weighted by Gasteiger charge is -2.38. The smallest absolute Gasteiger partial charge is 0.147 e. The van der Waals surface area contributed by atoms with Crippen molar-refractivity contribution in [1.29, 1.82) is 0 Å². The van der Waals surface area contributed by atoms with Crippen LogP contribution in [0, 0.1) is 5.41 Å². The molecule has 1 N–H and O–H groups in total. The number of piperidine rings is 1. The van der Waals surface area contributed by atoms with Crippen molar-refractivity contribution < 1.29 is 4.79 Å². The molecule has 0 bridgehead atoms. The predicted octanol–water partition coefficient (Wildman–Crippen LogP) is 5.65. The lowest BCUT2D eigenvalue weighted by Crippen LogP contribution is -2.41. The number of carbonyl (C=O) groups is 1. The minimum atomic E-state index is -0.227. The average molecular weight is 465 g/mol. The van der Waals surface area contributed by atoms with Gasteiger partial charge in [-0.05, 0) is 67.1 Å². The molecule has 178 valence electrons. The Balaban J connectivity index is 1.09. The van der Waals surface area contributed by atoms with E-state index in [9.17, 15) is 4.79 Å². The fourth-order valence-electron chi connectivity index (χ4n) is 5.00. The maximum absolute atomic E-state index is 12.1. The molecule has 1 aromatic heterocycles. The van der Waals surface area contributed by atoms with Crippen LogP contribution in [-0.4, -0.2) is 35.9 Å². The molecular formula is C30H32N4O. The van der Waals surface area contributed by atoms with Gasteiger partial charge in [0.05, 0.1) is 17.2 Å². The Labute approximate surface area is 207 Å². The summed E-state index contributed by atoms with van der Waals surface area (Å²) in [5.41, 5.74) is 5.36. The second kappa shape index (κ2) is 10.8. The molecule has 5 nitrogen and oxygen atoms in total. The fraction of sp³-hybridized carbons (Fsp3) is 0.300. The maximum atomic E-state index is 12.1. The first kappa shape index (κ1) is 23.2. The number of aldehydes is 1. The highest BCUT2D eigenvalue weighted by molar-refractivity contribution is 5.75. The molecule has 0 radical (unpaired) electrons. The van der Waals surface area contributed by atoms with Gasteiger partial charge in [0, 0.05) is 25.0 Å². The van der Waals surface area contributed by atoms with Gasteiger partial charge < -0.3 is 15.0 Å². The van der Waals surface area contributed by atoms with Gasteiger partial charge in [-0.3, -0.25) is 4.98 Å². The molecule has 1 aliphatic heterocycles. The first-order valence-electron chi connectivity index (χ1n) is 12.5. The zero-order chi connectivity index (χ0) is 23.9. The van der Waals surface area contributed by atoms with E-state index < -0.39 is 0 Å². The highest BCUT2D eigenvalue weighted by atomic mass is 16.1. The van der Waals surface area contributed by atoms with Crippen LogP contribution in [0.25, 0.3) is 22.2 Å². The van der Waals surface area contributed by atoms with Crippen LogP contribution in [0.4, 0.5) is 5.82 Å². The monoisotopic (exact) mass is 464 g/mol. The number of hydrogen-bond donors (Lipinski definition) is 1. The Kier molecular flexibility index (Phi) is 7.15. The third-order valence-corrected chi connectivity index (χ3v) is 7.16. The van der Waals surface area contributed by atoms with Gasteiger partial charge in [-0.15, -0.1) is 0 Å². The van der Waals surface area contributed by atoms with E-state index in [1.54, 1.807) is 0 Å². The number of fused-ring (bicyclic) bond motifs is 1. The molecule has 35 heavy (non-hydrogen) atoms. The lowest BCUT2D eigenvalue weighted by atomic mass is 9.76. The van der Waals surface area contributed by atoms with E-state index in [0.29, 0.717) is 0 Å². The molecule has 0 spiro atoms. The normalized spacial score (nSPS) is 15.3. The van der Waals surface area contributed by atoms with Crippen LogP contribution in [0.2, 0.25) is 0 Å². The molecule has 0 atom stereocenters. The molecule has 1 aliphatic rings. The van der Waals surface area contributed by atoms with E-state index in [2.05, 4.69) is 63.7 Å². The van der Waals surface area contributed by atoms with Crippen molar-refractivity contribution >= 4 is 23.1 Å². The third kappa shape index (κ3) is 5.57. The molecule has 3 aromatic carbocycles. The van der Waals surface area contributed by atoms with Gasteiger partial charge in [0.15, 0.2) is 0 Å². The summed E-state index contributed by atoms with van der Waals surface area (Å²) in [6.07, 6.45) is 6.71. The topological polar surface area (TPSA) is 58.1 Å². The number of hydrogen-bond acceptors (Lipinski definition) is 5. The number of nitrogens with zero attached hydrogens (tertiary/aromatic N) is 3. The van der Waals surface area contributed by atoms with Crippen molar-refractivity contribution in [3.8, 4) is 11.1 Å². The highest BCUT2D eigenvalue weighted by Crippen LogP contribution is 2.35. The van der Waals surface area contributed by atoms with Crippen LogP contribution < -0.4 is 10.2 Å². The standard InChI is InChI=1S/C30H32N4O/c35-23-30(15-18-34(19-16-30)29-22-32-27-12-4-5-13-28(27)33-29)14-7-17-31-21-24-8-6-11-26(20-24)25-9-2-1-3-10-25/h1-6,8-13,20,22-23,31H,7,14-19,21H2. The number of carbonyl (C=O) groups excluding carboxylic acids is 1. The predicted molar refractivity (Wildman–Crippen MR) is 142 cm³/mol. The Morgan fingerprint density at radius 3 is 2.43 bits per heavy atom. The summed E-state index contributed by atoms with van der Waals surface area (Å²) >= 11 is 0. The van der Waals surface area contributed by atoms with E-state index in [4.69, 9.17) is 4.98 Å². The summed E-state index contributed by atoms with van der Waals surface area (Å²) in [5, 5.41) is 3.57. The lowest BCUT2D eigenvalue weighted by molar-refractivity contribution is -0.117. The summed E-state index contributed by atoms with van der Waals surface area (Å²) in [7, 11) is 0. The highest BCUT2D eigenvalue weighted by Gasteiger charge is 2.34. The number of benzene rings is 3. The van der Waals surface area contributed by atoms with E-state index >= 15 is 0 Å². The summed E-state index contributed by atoms with van der Waals surface area (Å²) < 4.78 is 0. The number of nitrogens with one attached hydrogen (secondary N) is 1. The van der Waals surface area contributed by atoms with E-state index in [1.807, 2.05) is 36.5 Å². The number of para-hydroxylation sites is 2. The van der Waals surface area contributed by atoms with Gasteiger partial charge in [0.2, 0.25) is 0 Å². The van der Waals surface area contributed by atoms with Gasteiger partial charge >= 0.3 is 0 Å². The maximum Gasteiger partial charge on any atom is 0.147 e. The van der Waals surface area contributed by atoms with Crippen molar-refractivity contribution in [3.63, 3.8) is 0 Å². The summed E-state index contributed by atoms with van der Waals surface area (Å²) in [4.78, 5) is 23.7. The Hall–Kier alpha value is -3.57. The zero-order valence-electron chi connectivity index (χ0n) is 20.1. The molecule has 1 fully saturated rings. The van der Waals surface area contributed by atoms with E-state index in [-0.39, 0.29) is 5.41 Å². The van der Waals surface area contributed by atoms with Crippen LogP contribution >= 0.6 is 0 Å². The molecule has 0 saturated carbocycles. The number of aromatic nitrogens is 2. The van der Waals surface area contributed by atoms with Crippen LogP contribution in [-0.2, 0) is 11.3 Å². The summed E-state index contributed by atoms with van der Waals surface area (Å²) in [6, 6.07) is 27.1. The third-order valence-electron chi connectivity index (χ3n) is 7.16. The number of rotatable bonds is 9. The Morgan fingerprint density at radius 1 is 0.886 bits per heavy atom. The fourth-order valence-corrected chi connectivity index (χ4v) is 5.00. The van der Waals surface area contributed by atoms with E-state index in [1.165, 1.54) is 23.0 Å². The molecule has 2 heterocycles. The minimum absolute atomic E-state index is 0.227. The van der Waals surface area contributed by atoms with Gasteiger partial charge in [-0.25, -0.2) is 4.98 Å². The van der Waals surface area contributed by atoms with Crippen LogP contribution in [0.5, 0.6) is 0 Å². The van der Waals surface area contributed by atoms with Gasteiger partial charge in [0.25, 0.3) is 0 Å². The molecule has 4 aromatic rings. The van der Waals surface area contributed by atoms with Gasteiger partial charge in [0.1, 0.15) is 12.1 Å². The summed E-state index contributed by atoms with van der Waals surface area (Å²) in [6.45, 7) is 3.42.